The molecule has 0 unspecified atom stereocenters. The number of benzene rings is 1. The van der Waals surface area contributed by atoms with Gasteiger partial charge in [0.2, 0.25) is 5.88 Å². The Morgan fingerprint density at radius 3 is 2.31 bits per heavy atom. The summed E-state index contributed by atoms with van der Waals surface area (Å²) in [5.74, 6) is -0.967. The lowest BCUT2D eigenvalue weighted by Gasteiger charge is -2.08. The van der Waals surface area contributed by atoms with Gasteiger partial charge in [0.1, 0.15) is 17.1 Å². The average molecular weight is 359 g/mol. The van der Waals surface area contributed by atoms with E-state index in [-0.39, 0.29) is 41.8 Å². The van der Waals surface area contributed by atoms with Crippen molar-refractivity contribution in [2.75, 3.05) is 18.5 Å². The maximum Gasteiger partial charge on any atom is 0.344 e. The minimum Gasteiger partial charge on any atom is -0.484 e. The van der Waals surface area contributed by atoms with E-state index in [0.717, 1.165) is 5.56 Å². The van der Waals surface area contributed by atoms with Gasteiger partial charge < -0.3 is 13.9 Å². The molecule has 1 N–H and O–H groups in total. The number of carbonyl (C=O) groups excluding carboxylic acids is 3. The zero-order valence-corrected chi connectivity index (χ0v) is 15.2. The van der Waals surface area contributed by atoms with E-state index in [1.54, 1.807) is 19.1 Å². The molecule has 7 heteroatoms. The van der Waals surface area contributed by atoms with Crippen LogP contribution in [0.1, 0.15) is 45.9 Å². The van der Waals surface area contributed by atoms with E-state index in [0.29, 0.717) is 5.75 Å². The Balaban J connectivity index is 2.15. The molecule has 1 aromatic heterocycles. The number of rotatable bonds is 7. The molecule has 0 saturated heterocycles. The van der Waals surface area contributed by atoms with Crippen molar-refractivity contribution >= 4 is 23.5 Å². The first-order chi connectivity index (χ1) is 12.3. The molecule has 26 heavy (non-hydrogen) atoms. The van der Waals surface area contributed by atoms with E-state index in [4.69, 9.17) is 13.9 Å². The number of esters is 1. The van der Waals surface area contributed by atoms with Crippen molar-refractivity contribution in [2.24, 2.45) is 0 Å². The van der Waals surface area contributed by atoms with Gasteiger partial charge in [0.05, 0.1) is 12.2 Å². The summed E-state index contributed by atoms with van der Waals surface area (Å²) < 4.78 is 15.8. The largest absolute Gasteiger partial charge is 0.484 e. The molecule has 0 aliphatic carbocycles. The molecule has 0 spiro atoms. The minimum absolute atomic E-state index is 0.0828. The number of furan rings is 1. The normalized spacial score (nSPS) is 10.3. The molecular formula is C19H21NO6. The third-order valence-electron chi connectivity index (χ3n) is 3.56. The van der Waals surface area contributed by atoms with Gasteiger partial charge in [-0.25, -0.2) is 4.79 Å². The zero-order valence-electron chi connectivity index (χ0n) is 15.2. The summed E-state index contributed by atoms with van der Waals surface area (Å²) in [6.07, 6.45) is 0. The number of nitrogens with one attached hydrogen (secondary N) is 1. The van der Waals surface area contributed by atoms with Crippen LogP contribution in [0.3, 0.4) is 0 Å². The smallest absolute Gasteiger partial charge is 0.344 e. The zero-order chi connectivity index (χ0) is 19.3. The molecule has 0 aliphatic heterocycles. The van der Waals surface area contributed by atoms with Crippen molar-refractivity contribution in [3.8, 4) is 5.75 Å². The SMILES string of the molecule is CCOC(=O)c1c(NC(=O)COc2ccc(C)cc2)oc(C)c1C(C)=O. The van der Waals surface area contributed by atoms with Crippen LogP contribution in [0.25, 0.3) is 0 Å². The molecule has 0 atom stereocenters. The molecule has 0 radical (unpaired) electrons. The summed E-state index contributed by atoms with van der Waals surface area (Å²) >= 11 is 0. The Labute approximate surface area is 151 Å². The number of hydrogen-bond donors (Lipinski definition) is 1. The summed E-state index contributed by atoms with van der Waals surface area (Å²) in [6, 6.07) is 7.22. The highest BCUT2D eigenvalue weighted by atomic mass is 16.5. The molecule has 1 amide bonds. The Morgan fingerprint density at radius 2 is 1.73 bits per heavy atom. The molecule has 1 aromatic carbocycles. The van der Waals surface area contributed by atoms with Crippen molar-refractivity contribution in [1.82, 2.24) is 0 Å². The maximum atomic E-state index is 12.2. The highest BCUT2D eigenvalue weighted by Crippen LogP contribution is 2.28. The monoisotopic (exact) mass is 359 g/mol. The highest BCUT2D eigenvalue weighted by Gasteiger charge is 2.28. The van der Waals surface area contributed by atoms with E-state index in [1.165, 1.54) is 13.8 Å². The summed E-state index contributed by atoms with van der Waals surface area (Å²) in [6.45, 7) is 6.29. The molecular weight excluding hydrogens is 338 g/mol. The number of Topliss-reactive ketones (excluding diaryl/α,β-unsaturated/α-hetero) is 1. The van der Waals surface area contributed by atoms with Gasteiger partial charge in [0.15, 0.2) is 12.4 Å². The Bertz CT molecular complexity index is 819. The standard InChI is InChI=1S/C19H21NO6/c1-5-24-19(23)17-16(12(3)21)13(4)26-18(17)20-15(22)10-25-14-8-6-11(2)7-9-14/h6-9H,5,10H2,1-4H3,(H,20,22). The molecule has 1 heterocycles. The van der Waals surface area contributed by atoms with Crippen molar-refractivity contribution in [3.05, 3.63) is 46.7 Å². The van der Waals surface area contributed by atoms with Crippen LogP contribution in [0.5, 0.6) is 5.75 Å². The van der Waals surface area contributed by atoms with Gasteiger partial charge >= 0.3 is 5.97 Å². The van der Waals surface area contributed by atoms with Gasteiger partial charge in [-0.2, -0.15) is 0 Å². The number of hydrogen-bond acceptors (Lipinski definition) is 6. The Morgan fingerprint density at radius 1 is 1.08 bits per heavy atom. The van der Waals surface area contributed by atoms with Crippen molar-refractivity contribution in [1.29, 1.82) is 0 Å². The van der Waals surface area contributed by atoms with E-state index in [1.807, 2.05) is 19.1 Å². The lowest BCUT2D eigenvalue weighted by atomic mass is 10.1. The maximum absolute atomic E-state index is 12.2. The molecule has 2 aromatic rings. The van der Waals surface area contributed by atoms with E-state index >= 15 is 0 Å². The lowest BCUT2D eigenvalue weighted by Crippen LogP contribution is -2.21. The van der Waals surface area contributed by atoms with Crippen LogP contribution in [0.15, 0.2) is 28.7 Å². The van der Waals surface area contributed by atoms with Crippen LogP contribution in [-0.2, 0) is 9.53 Å². The van der Waals surface area contributed by atoms with Crippen LogP contribution >= 0.6 is 0 Å². The van der Waals surface area contributed by atoms with Gasteiger partial charge in [-0.15, -0.1) is 0 Å². The second-order valence-corrected chi connectivity index (χ2v) is 5.66. The van der Waals surface area contributed by atoms with Crippen molar-refractivity contribution in [3.63, 3.8) is 0 Å². The van der Waals surface area contributed by atoms with E-state index in [2.05, 4.69) is 5.32 Å². The molecule has 7 nitrogen and oxygen atoms in total. The highest BCUT2D eigenvalue weighted by molar-refractivity contribution is 6.10. The lowest BCUT2D eigenvalue weighted by molar-refractivity contribution is -0.118. The number of amides is 1. The first-order valence-corrected chi connectivity index (χ1v) is 8.14. The molecule has 2 rings (SSSR count). The minimum atomic E-state index is -0.732. The van der Waals surface area contributed by atoms with Crippen molar-refractivity contribution < 1.29 is 28.3 Å². The van der Waals surface area contributed by atoms with Crippen LogP contribution in [0.4, 0.5) is 5.88 Å². The summed E-state index contributed by atoms with van der Waals surface area (Å²) in [7, 11) is 0. The van der Waals surface area contributed by atoms with E-state index in [9.17, 15) is 14.4 Å². The molecule has 0 fully saturated rings. The van der Waals surface area contributed by atoms with Gasteiger partial charge in [-0.05, 0) is 39.8 Å². The second-order valence-electron chi connectivity index (χ2n) is 5.66. The third-order valence-corrected chi connectivity index (χ3v) is 3.56. The van der Waals surface area contributed by atoms with Gasteiger partial charge in [0.25, 0.3) is 5.91 Å². The summed E-state index contributed by atoms with van der Waals surface area (Å²) in [5, 5.41) is 2.46. The second kappa shape index (κ2) is 8.33. The third kappa shape index (κ3) is 4.50. The predicted octanol–water partition coefficient (Wildman–Crippen LogP) is 3.29. The average Bonchev–Trinajstić information content (AvgIpc) is 2.90. The van der Waals surface area contributed by atoms with Crippen LogP contribution in [-0.4, -0.2) is 30.9 Å². The molecule has 0 saturated carbocycles. The first kappa shape index (κ1) is 19.2. The quantitative estimate of drug-likeness (QED) is 0.602. The first-order valence-electron chi connectivity index (χ1n) is 8.14. The van der Waals surface area contributed by atoms with Gasteiger partial charge in [0, 0.05) is 0 Å². The Kier molecular flexibility index (Phi) is 6.16. The molecule has 138 valence electrons. The number of aryl methyl sites for hydroxylation is 2. The fourth-order valence-electron chi connectivity index (χ4n) is 2.40. The predicted molar refractivity (Wildman–Crippen MR) is 94.7 cm³/mol. The van der Waals surface area contributed by atoms with Gasteiger partial charge in [-0.3, -0.25) is 14.9 Å². The number of ether oxygens (including phenoxy) is 2. The van der Waals surface area contributed by atoms with Crippen molar-refractivity contribution in [2.45, 2.75) is 27.7 Å². The molecule has 0 aliphatic rings. The van der Waals surface area contributed by atoms with Crippen LogP contribution < -0.4 is 10.1 Å². The fourth-order valence-corrected chi connectivity index (χ4v) is 2.40. The summed E-state index contributed by atoms with van der Waals surface area (Å²) in [4.78, 5) is 36.2. The summed E-state index contributed by atoms with van der Waals surface area (Å²) in [5.41, 5.74) is 1.09. The Hall–Kier alpha value is -3.09. The topological polar surface area (TPSA) is 94.8 Å². The van der Waals surface area contributed by atoms with Gasteiger partial charge in [-0.1, -0.05) is 17.7 Å². The number of anilines is 1. The number of carbonyl (C=O) groups is 3. The van der Waals surface area contributed by atoms with Crippen LogP contribution in [0, 0.1) is 13.8 Å². The fraction of sp³-hybridized carbons (Fsp3) is 0.316. The number of ketones is 1. The van der Waals surface area contributed by atoms with Crippen LogP contribution in [0.2, 0.25) is 0 Å². The molecule has 0 bridgehead atoms. The van der Waals surface area contributed by atoms with E-state index < -0.39 is 11.9 Å².